The van der Waals surface area contributed by atoms with Crippen molar-refractivity contribution in [3.63, 3.8) is 0 Å². The molecule has 0 radical (unpaired) electrons. The van der Waals surface area contributed by atoms with Crippen LogP contribution in [0.1, 0.15) is 10.4 Å². The first kappa shape index (κ1) is 7.56. The second-order valence-electron chi connectivity index (χ2n) is 2.57. The van der Waals surface area contributed by atoms with Gasteiger partial charge in [0.15, 0.2) is 6.61 Å². The summed E-state index contributed by atoms with van der Waals surface area (Å²) in [5, 5.41) is 2.89. The molecule has 1 atom stereocenters. The molecule has 1 unspecified atom stereocenters. The Bertz CT molecular complexity index is 338. The van der Waals surface area contributed by atoms with Crippen molar-refractivity contribution in [1.29, 1.82) is 0 Å². The van der Waals surface area contributed by atoms with E-state index in [0.29, 0.717) is 11.3 Å². The summed E-state index contributed by atoms with van der Waals surface area (Å²) in [4.78, 5) is 11.2. The number of benzene rings is 1. The van der Waals surface area contributed by atoms with E-state index >= 15 is 0 Å². The topological polar surface area (TPSA) is 38.3 Å². The van der Waals surface area contributed by atoms with Gasteiger partial charge in [0.25, 0.3) is 0 Å². The number of Topliss-reactive ketones (excluding diaryl/α,β-unsaturated/α-hetero) is 1. The first-order valence-corrected chi connectivity index (χ1v) is 4.15. The summed E-state index contributed by atoms with van der Waals surface area (Å²) in [5.41, 5.74) is 1.57. The molecule has 0 fully saturated rings. The molecule has 0 aliphatic carbocycles. The molecule has 3 nitrogen and oxygen atoms in total. The molecule has 1 heterocycles. The van der Waals surface area contributed by atoms with Gasteiger partial charge in [-0.1, -0.05) is 0 Å². The molecule has 1 aromatic carbocycles. The number of anilines is 1. The maximum absolute atomic E-state index is 11.2. The molecule has 1 aromatic rings. The predicted molar refractivity (Wildman–Crippen MR) is 49.6 cm³/mol. The van der Waals surface area contributed by atoms with Gasteiger partial charge in [0.2, 0.25) is 5.78 Å². The van der Waals surface area contributed by atoms with Crippen molar-refractivity contribution in [2.75, 3.05) is 11.7 Å². The normalized spacial score (nSPS) is 13.9. The summed E-state index contributed by atoms with van der Waals surface area (Å²) in [6.07, 6.45) is 0. The van der Waals surface area contributed by atoms with Gasteiger partial charge in [0, 0.05) is 5.69 Å². The predicted octanol–water partition coefficient (Wildman–Crippen LogP) is 1.46. The number of carbonyl (C=O) groups is 1. The first-order chi connectivity index (χ1) is 5.81. The van der Waals surface area contributed by atoms with Crippen LogP contribution in [-0.4, -0.2) is 12.4 Å². The van der Waals surface area contributed by atoms with Crippen molar-refractivity contribution in [3.05, 3.63) is 23.8 Å². The smallest absolute Gasteiger partial charge is 0.203 e. The number of hydrogen-bond acceptors (Lipinski definition) is 3. The summed E-state index contributed by atoms with van der Waals surface area (Å²) < 4.78 is 5.13. The molecule has 0 saturated heterocycles. The van der Waals surface area contributed by atoms with Crippen LogP contribution >= 0.6 is 9.39 Å². The highest BCUT2D eigenvalue weighted by Crippen LogP contribution is 2.28. The van der Waals surface area contributed by atoms with Crippen LogP contribution in [0, 0.1) is 0 Å². The van der Waals surface area contributed by atoms with Crippen LogP contribution in [0.25, 0.3) is 0 Å². The lowest BCUT2D eigenvalue weighted by atomic mass is 10.1. The molecule has 2 rings (SSSR count). The Labute approximate surface area is 72.4 Å². The van der Waals surface area contributed by atoms with E-state index in [1.807, 2.05) is 6.07 Å². The van der Waals surface area contributed by atoms with Crippen LogP contribution in [0.3, 0.4) is 0 Å². The fourth-order valence-electron chi connectivity index (χ4n) is 1.18. The van der Waals surface area contributed by atoms with Crippen molar-refractivity contribution in [1.82, 2.24) is 0 Å². The SMILES string of the molecule is O=C1COc2ccc(NP)cc21. The Balaban J connectivity index is 2.50. The monoisotopic (exact) mass is 181 g/mol. The zero-order valence-corrected chi connectivity index (χ0v) is 7.49. The zero-order valence-electron chi connectivity index (χ0n) is 6.33. The minimum atomic E-state index is 0.0482. The summed E-state index contributed by atoms with van der Waals surface area (Å²) in [6.45, 7) is 0.176. The van der Waals surface area contributed by atoms with Crippen LogP contribution in [0.5, 0.6) is 5.75 Å². The van der Waals surface area contributed by atoms with Crippen molar-refractivity contribution < 1.29 is 9.53 Å². The van der Waals surface area contributed by atoms with Gasteiger partial charge < -0.3 is 9.82 Å². The fraction of sp³-hybridized carbons (Fsp3) is 0.125. The molecule has 1 N–H and O–H groups in total. The van der Waals surface area contributed by atoms with E-state index in [9.17, 15) is 4.79 Å². The van der Waals surface area contributed by atoms with Crippen LogP contribution in [-0.2, 0) is 0 Å². The Hall–Kier alpha value is -1.08. The number of nitrogens with one attached hydrogen (secondary N) is 1. The van der Waals surface area contributed by atoms with E-state index in [4.69, 9.17) is 4.74 Å². The molecule has 4 heteroatoms. The van der Waals surface area contributed by atoms with Crippen LogP contribution in [0.2, 0.25) is 0 Å². The number of carbonyl (C=O) groups excluding carboxylic acids is 1. The van der Waals surface area contributed by atoms with Gasteiger partial charge in [0.1, 0.15) is 5.75 Å². The standard InChI is InChI=1S/C8H8NO2P/c10-7-4-11-8-2-1-5(9-12)3-6(7)8/h1-3,9H,4,12H2. The van der Waals surface area contributed by atoms with Crippen LogP contribution < -0.4 is 9.82 Å². The summed E-state index contributed by atoms with van der Waals surface area (Å²) in [5.74, 6) is 0.733. The van der Waals surface area contributed by atoms with E-state index in [2.05, 4.69) is 14.5 Å². The lowest BCUT2D eigenvalue weighted by Crippen LogP contribution is -1.98. The van der Waals surface area contributed by atoms with Gasteiger partial charge in [-0.05, 0) is 27.6 Å². The van der Waals surface area contributed by atoms with E-state index < -0.39 is 0 Å². The second-order valence-corrected chi connectivity index (χ2v) is 2.86. The molecule has 0 spiro atoms. The van der Waals surface area contributed by atoms with E-state index in [1.54, 1.807) is 12.1 Å². The lowest BCUT2D eigenvalue weighted by Gasteiger charge is -2.00. The molecule has 12 heavy (non-hydrogen) atoms. The number of ether oxygens (including phenoxy) is 1. The number of fused-ring (bicyclic) bond motifs is 1. The first-order valence-electron chi connectivity index (χ1n) is 3.58. The van der Waals surface area contributed by atoms with Gasteiger partial charge in [-0.15, -0.1) is 0 Å². The summed E-state index contributed by atoms with van der Waals surface area (Å²) in [6, 6.07) is 5.45. The highest BCUT2D eigenvalue weighted by atomic mass is 31.0. The molecule has 0 saturated carbocycles. The van der Waals surface area contributed by atoms with Gasteiger partial charge in [-0.25, -0.2) is 0 Å². The third-order valence-electron chi connectivity index (χ3n) is 1.81. The van der Waals surface area contributed by atoms with Crippen molar-refractivity contribution >= 4 is 20.9 Å². The highest BCUT2D eigenvalue weighted by Gasteiger charge is 2.20. The van der Waals surface area contributed by atoms with E-state index in [1.165, 1.54) is 0 Å². The van der Waals surface area contributed by atoms with Gasteiger partial charge in [0.05, 0.1) is 5.56 Å². The molecule has 0 bridgehead atoms. The molecular weight excluding hydrogens is 173 g/mol. The van der Waals surface area contributed by atoms with Crippen LogP contribution in [0.4, 0.5) is 5.69 Å². The average Bonchev–Trinajstić information content (AvgIpc) is 2.47. The van der Waals surface area contributed by atoms with Crippen molar-refractivity contribution in [3.8, 4) is 5.75 Å². The molecule has 62 valence electrons. The maximum atomic E-state index is 11.2. The lowest BCUT2D eigenvalue weighted by molar-refractivity contribution is 0.0961. The molecular formula is C8H8NO2P. The van der Waals surface area contributed by atoms with E-state index in [0.717, 1.165) is 5.69 Å². The van der Waals surface area contributed by atoms with E-state index in [-0.39, 0.29) is 12.4 Å². The quantitative estimate of drug-likeness (QED) is 0.666. The van der Waals surface area contributed by atoms with Gasteiger partial charge in [-0.3, -0.25) is 4.79 Å². The summed E-state index contributed by atoms with van der Waals surface area (Å²) >= 11 is 0. The Morgan fingerprint density at radius 2 is 2.33 bits per heavy atom. The Morgan fingerprint density at radius 1 is 1.50 bits per heavy atom. The van der Waals surface area contributed by atoms with Gasteiger partial charge >= 0.3 is 0 Å². The summed E-state index contributed by atoms with van der Waals surface area (Å²) in [7, 11) is 2.38. The fourth-order valence-corrected chi connectivity index (χ4v) is 1.36. The van der Waals surface area contributed by atoms with Crippen molar-refractivity contribution in [2.24, 2.45) is 0 Å². The van der Waals surface area contributed by atoms with Crippen LogP contribution in [0.15, 0.2) is 18.2 Å². The average molecular weight is 181 g/mol. The Morgan fingerprint density at radius 3 is 3.08 bits per heavy atom. The maximum Gasteiger partial charge on any atom is 0.203 e. The third-order valence-corrected chi connectivity index (χ3v) is 2.14. The van der Waals surface area contributed by atoms with Crippen molar-refractivity contribution in [2.45, 2.75) is 0 Å². The number of rotatable bonds is 1. The number of ketones is 1. The number of hydrogen-bond donors (Lipinski definition) is 1. The largest absolute Gasteiger partial charge is 0.485 e. The highest BCUT2D eigenvalue weighted by molar-refractivity contribution is 7.18. The molecule has 0 amide bonds. The minimum absolute atomic E-state index is 0.0482. The molecule has 1 aliphatic rings. The van der Waals surface area contributed by atoms with Gasteiger partial charge in [-0.2, -0.15) is 0 Å². The minimum Gasteiger partial charge on any atom is -0.485 e. The zero-order chi connectivity index (χ0) is 8.55. The molecule has 1 aliphatic heterocycles. The molecule has 0 aromatic heterocycles. The third kappa shape index (κ3) is 1.07. The Kier molecular flexibility index (Phi) is 1.74. The second kappa shape index (κ2) is 2.76.